The lowest BCUT2D eigenvalue weighted by atomic mass is 10.1. The molecule has 0 aromatic heterocycles. The predicted octanol–water partition coefficient (Wildman–Crippen LogP) is 4.90. The van der Waals surface area contributed by atoms with Crippen LogP contribution in [-0.2, 0) is 19.1 Å². The number of ether oxygens (including phenoxy) is 2. The average molecular weight is 336 g/mol. The zero-order valence-corrected chi connectivity index (χ0v) is 15.6. The minimum Gasteiger partial charge on any atom is -0.458 e. The average Bonchev–Trinajstić information content (AvgIpc) is 2.60. The first-order valence-electron chi connectivity index (χ1n) is 8.94. The Morgan fingerprint density at radius 3 is 1.38 bits per heavy atom. The molecule has 0 heterocycles. The molecule has 0 spiro atoms. The van der Waals surface area contributed by atoms with Gasteiger partial charge in [0.05, 0.1) is 0 Å². The minimum absolute atomic E-state index is 0.272. The van der Waals surface area contributed by atoms with Crippen molar-refractivity contribution in [3.05, 3.63) is 35.5 Å². The Morgan fingerprint density at radius 2 is 1.08 bits per heavy atom. The number of carbonyl (C=O) groups excluding carboxylic acids is 2. The van der Waals surface area contributed by atoms with Crippen LogP contribution in [0.5, 0.6) is 0 Å². The second-order valence-corrected chi connectivity index (χ2v) is 5.56. The Labute approximate surface area is 146 Å². The summed E-state index contributed by atoms with van der Waals surface area (Å²) in [5.41, 5.74) is 2.18. The van der Waals surface area contributed by atoms with Crippen molar-refractivity contribution in [3.8, 4) is 0 Å². The van der Waals surface area contributed by atoms with Gasteiger partial charge < -0.3 is 9.47 Å². The maximum absolute atomic E-state index is 11.6. The lowest BCUT2D eigenvalue weighted by Crippen LogP contribution is -2.08. The van der Waals surface area contributed by atoms with E-state index in [1.807, 2.05) is 13.8 Å². The van der Waals surface area contributed by atoms with Crippen LogP contribution in [0.2, 0.25) is 0 Å². The zero-order chi connectivity index (χ0) is 18.2. The van der Waals surface area contributed by atoms with Gasteiger partial charge in [0.15, 0.2) is 0 Å². The van der Waals surface area contributed by atoms with Crippen molar-refractivity contribution in [2.75, 3.05) is 13.2 Å². The highest BCUT2D eigenvalue weighted by atomic mass is 16.5. The van der Waals surface area contributed by atoms with E-state index in [-0.39, 0.29) is 13.2 Å². The maximum atomic E-state index is 11.6. The molecular weight excluding hydrogens is 304 g/mol. The highest BCUT2D eigenvalue weighted by Gasteiger charge is 2.04. The normalized spacial score (nSPS) is 12.5. The lowest BCUT2D eigenvalue weighted by molar-refractivity contribution is -0.139. The van der Waals surface area contributed by atoms with Crippen molar-refractivity contribution in [2.24, 2.45) is 0 Å². The molecule has 4 heteroatoms. The molecule has 0 atom stereocenters. The fourth-order valence-corrected chi connectivity index (χ4v) is 1.87. The molecule has 0 saturated heterocycles. The Bertz CT molecular complexity index is 416. The molecule has 0 aliphatic carbocycles. The van der Waals surface area contributed by atoms with Gasteiger partial charge in [0.25, 0.3) is 0 Å². The molecule has 0 aromatic carbocycles. The highest BCUT2D eigenvalue weighted by molar-refractivity contribution is 5.91. The molecule has 0 aliphatic rings. The van der Waals surface area contributed by atoms with Crippen molar-refractivity contribution < 1.29 is 19.1 Å². The number of esters is 2. The van der Waals surface area contributed by atoms with Gasteiger partial charge in [-0.15, -0.1) is 0 Å². The summed E-state index contributed by atoms with van der Waals surface area (Å²) in [6.45, 7) is 8.81. The van der Waals surface area contributed by atoms with E-state index in [9.17, 15) is 9.59 Å². The van der Waals surface area contributed by atoms with Crippen LogP contribution in [0.25, 0.3) is 0 Å². The van der Waals surface area contributed by atoms with Crippen molar-refractivity contribution in [1.82, 2.24) is 0 Å². The van der Waals surface area contributed by atoms with Gasteiger partial charge in [-0.1, -0.05) is 52.7 Å². The Morgan fingerprint density at radius 1 is 0.708 bits per heavy atom. The van der Waals surface area contributed by atoms with Crippen LogP contribution in [0.1, 0.15) is 66.2 Å². The third kappa shape index (κ3) is 11.7. The molecule has 0 fully saturated rings. The molecule has 24 heavy (non-hydrogen) atoms. The molecule has 0 amide bonds. The molecular formula is C20H32O4. The first kappa shape index (κ1) is 22.2. The summed E-state index contributed by atoms with van der Waals surface area (Å²) in [4.78, 5) is 23.2. The lowest BCUT2D eigenvalue weighted by Gasteiger charge is -2.06. The highest BCUT2D eigenvalue weighted by Crippen LogP contribution is 2.06. The summed E-state index contributed by atoms with van der Waals surface area (Å²) in [6, 6.07) is 0. The minimum atomic E-state index is -0.528. The van der Waals surface area contributed by atoms with Crippen LogP contribution >= 0.6 is 0 Å². The Kier molecular flexibility index (Phi) is 13.6. The van der Waals surface area contributed by atoms with E-state index in [0.29, 0.717) is 0 Å². The maximum Gasteiger partial charge on any atom is 0.331 e. The van der Waals surface area contributed by atoms with Crippen LogP contribution < -0.4 is 0 Å². The van der Waals surface area contributed by atoms with E-state index in [4.69, 9.17) is 9.47 Å². The van der Waals surface area contributed by atoms with Gasteiger partial charge >= 0.3 is 11.9 Å². The third-order valence-electron chi connectivity index (χ3n) is 3.51. The van der Waals surface area contributed by atoms with Crippen molar-refractivity contribution in [2.45, 2.75) is 66.2 Å². The van der Waals surface area contributed by atoms with Crippen molar-refractivity contribution in [1.29, 1.82) is 0 Å². The Hall–Kier alpha value is -1.84. The van der Waals surface area contributed by atoms with Crippen molar-refractivity contribution in [3.63, 3.8) is 0 Å². The monoisotopic (exact) mass is 336 g/mol. The molecule has 0 N–H and O–H groups in total. The summed E-state index contributed by atoms with van der Waals surface area (Å²) in [5, 5.41) is 0. The third-order valence-corrected chi connectivity index (χ3v) is 3.51. The van der Waals surface area contributed by atoms with Crippen LogP contribution in [0, 0.1) is 0 Å². The first-order chi connectivity index (χ1) is 11.6. The van der Waals surface area contributed by atoms with Gasteiger partial charge in [0, 0.05) is 12.2 Å². The van der Waals surface area contributed by atoms with E-state index in [1.165, 1.54) is 0 Å². The topological polar surface area (TPSA) is 52.6 Å². The standard InChI is InChI=1S/C20H32O4/c1-5-9-11-17(7-3)15-23-19(21)13-14-20(22)24-16-18(8-4)12-10-6-2/h11-14H,5-10,15-16H2,1-4H3/b14-13-,17-11+,18-12+. The summed E-state index contributed by atoms with van der Waals surface area (Å²) in [6.07, 6.45) is 12.2. The fraction of sp³-hybridized carbons (Fsp3) is 0.600. The molecule has 0 saturated carbocycles. The van der Waals surface area contributed by atoms with Gasteiger partial charge in [-0.2, -0.15) is 0 Å². The molecule has 0 unspecified atom stereocenters. The van der Waals surface area contributed by atoms with E-state index >= 15 is 0 Å². The number of unbranched alkanes of at least 4 members (excludes halogenated alkanes) is 2. The molecule has 4 nitrogen and oxygen atoms in total. The quantitative estimate of drug-likeness (QED) is 0.289. The second kappa shape index (κ2) is 14.7. The van der Waals surface area contributed by atoms with Crippen LogP contribution in [0.4, 0.5) is 0 Å². The first-order valence-corrected chi connectivity index (χ1v) is 8.94. The molecule has 136 valence electrons. The molecule has 0 aromatic rings. The predicted molar refractivity (Wildman–Crippen MR) is 97.6 cm³/mol. The van der Waals surface area contributed by atoms with Gasteiger partial charge in [-0.25, -0.2) is 9.59 Å². The summed E-state index contributed by atoms with van der Waals surface area (Å²) < 4.78 is 10.3. The van der Waals surface area contributed by atoms with E-state index in [1.54, 1.807) is 0 Å². The number of carbonyl (C=O) groups is 2. The molecule has 0 radical (unpaired) electrons. The molecule has 0 bridgehead atoms. The van der Waals surface area contributed by atoms with E-state index < -0.39 is 11.9 Å². The summed E-state index contributed by atoms with van der Waals surface area (Å²) in [5.74, 6) is -1.06. The van der Waals surface area contributed by atoms with Gasteiger partial charge in [0.2, 0.25) is 0 Å². The van der Waals surface area contributed by atoms with Gasteiger partial charge in [-0.05, 0) is 36.8 Å². The molecule has 0 rings (SSSR count). The second-order valence-electron chi connectivity index (χ2n) is 5.56. The van der Waals surface area contributed by atoms with Gasteiger partial charge in [-0.3, -0.25) is 0 Å². The van der Waals surface area contributed by atoms with Gasteiger partial charge in [0.1, 0.15) is 13.2 Å². The zero-order valence-electron chi connectivity index (χ0n) is 15.6. The van der Waals surface area contributed by atoms with Crippen LogP contribution in [0.3, 0.4) is 0 Å². The summed E-state index contributed by atoms with van der Waals surface area (Å²) in [7, 11) is 0. The number of rotatable bonds is 12. The van der Waals surface area contributed by atoms with Crippen LogP contribution in [-0.4, -0.2) is 25.2 Å². The van der Waals surface area contributed by atoms with Crippen molar-refractivity contribution >= 4 is 11.9 Å². The largest absolute Gasteiger partial charge is 0.458 e. The summed E-state index contributed by atoms with van der Waals surface area (Å²) >= 11 is 0. The van der Waals surface area contributed by atoms with Crippen LogP contribution in [0.15, 0.2) is 35.5 Å². The number of hydrogen-bond acceptors (Lipinski definition) is 4. The number of hydrogen-bond donors (Lipinski definition) is 0. The smallest absolute Gasteiger partial charge is 0.331 e. The van der Waals surface area contributed by atoms with E-state index in [2.05, 4.69) is 26.0 Å². The number of allylic oxidation sites excluding steroid dienone is 2. The molecule has 0 aliphatic heterocycles. The Balaban J connectivity index is 4.22. The fourth-order valence-electron chi connectivity index (χ4n) is 1.87. The SMILES string of the molecule is CCC/C=C(\CC)COC(=O)/C=C\C(=O)OC/C(=C/CCC)CC. The van der Waals surface area contributed by atoms with E-state index in [0.717, 1.165) is 61.8 Å².